The number of benzene rings is 1. The van der Waals surface area contributed by atoms with Crippen molar-refractivity contribution in [3.05, 3.63) is 53.0 Å². The molecular weight excluding hydrogens is 210 g/mol. The first kappa shape index (κ1) is 9.97. The van der Waals surface area contributed by atoms with Gasteiger partial charge in [-0.05, 0) is 11.3 Å². The number of carbonyl (C=O) groups excluding carboxylic acids is 1. The summed E-state index contributed by atoms with van der Waals surface area (Å²) < 4.78 is 0. The van der Waals surface area contributed by atoms with Crippen molar-refractivity contribution in [1.82, 2.24) is 4.98 Å². The third-order valence-corrected chi connectivity index (χ3v) is 2.85. The number of carbonyl (C=O) groups is 1. The molecule has 1 aromatic carbocycles. The Morgan fingerprint density at radius 3 is 2.65 bits per heavy atom. The van der Waals surface area contributed by atoms with E-state index >= 15 is 0 Å². The van der Waals surface area contributed by atoms with Gasteiger partial charge in [-0.25, -0.2) is 4.98 Å². The van der Waals surface area contributed by atoms with E-state index in [-0.39, 0.29) is 5.78 Å². The van der Waals surface area contributed by atoms with Gasteiger partial charge in [0, 0.05) is 18.1 Å². The van der Waals surface area contributed by atoms with Gasteiger partial charge < -0.3 is 0 Å². The van der Waals surface area contributed by atoms with Crippen LogP contribution in [-0.2, 0) is 4.79 Å². The van der Waals surface area contributed by atoms with Crippen LogP contribution in [0.3, 0.4) is 0 Å². The van der Waals surface area contributed by atoms with E-state index in [2.05, 4.69) is 4.98 Å². The first-order valence-electron chi connectivity index (χ1n) is 5.60. The van der Waals surface area contributed by atoms with Crippen LogP contribution < -0.4 is 10.6 Å². The minimum Gasteiger partial charge on any atom is -0.294 e. The molecule has 3 rings (SSSR count). The standard InChI is InChI=1S/C15H11NO/c17-13-8-6-12-7-9-14(16-15(12)10-13)11-4-2-1-3-5-11/h1-7,9-10H,8H2. The summed E-state index contributed by atoms with van der Waals surface area (Å²) in [4.78, 5) is 15.9. The van der Waals surface area contributed by atoms with Gasteiger partial charge in [0.25, 0.3) is 0 Å². The molecule has 2 nitrogen and oxygen atoms in total. The van der Waals surface area contributed by atoms with Gasteiger partial charge in [-0.3, -0.25) is 4.79 Å². The number of Topliss-reactive ketones (excluding diaryl/α,β-unsaturated/α-hetero) is 1. The van der Waals surface area contributed by atoms with Gasteiger partial charge in [0.1, 0.15) is 0 Å². The SMILES string of the molecule is O=C1C=c2nc(-c3ccccc3)ccc2=CC1. The van der Waals surface area contributed by atoms with E-state index in [9.17, 15) is 4.79 Å². The van der Waals surface area contributed by atoms with E-state index in [4.69, 9.17) is 0 Å². The Morgan fingerprint density at radius 1 is 1.00 bits per heavy atom. The normalized spacial score (nSPS) is 13.5. The largest absolute Gasteiger partial charge is 0.294 e. The average Bonchev–Trinajstić information content (AvgIpc) is 2.39. The highest BCUT2D eigenvalue weighted by molar-refractivity contribution is 6.08. The Morgan fingerprint density at radius 2 is 1.82 bits per heavy atom. The van der Waals surface area contributed by atoms with Gasteiger partial charge in [-0.1, -0.05) is 42.5 Å². The Kier molecular flexibility index (Phi) is 2.33. The second-order valence-corrected chi connectivity index (χ2v) is 4.06. The highest BCUT2D eigenvalue weighted by Gasteiger charge is 2.04. The summed E-state index contributed by atoms with van der Waals surface area (Å²) in [5.74, 6) is 0.121. The average molecular weight is 221 g/mol. The molecule has 2 heteroatoms. The third kappa shape index (κ3) is 1.89. The molecule has 0 amide bonds. The van der Waals surface area contributed by atoms with E-state index in [0.29, 0.717) is 6.42 Å². The van der Waals surface area contributed by atoms with Crippen molar-refractivity contribution >= 4 is 17.9 Å². The monoisotopic (exact) mass is 221 g/mol. The van der Waals surface area contributed by atoms with Crippen LogP contribution in [0.1, 0.15) is 6.42 Å². The maximum Gasteiger partial charge on any atom is 0.161 e. The van der Waals surface area contributed by atoms with Gasteiger partial charge in [-0.15, -0.1) is 0 Å². The van der Waals surface area contributed by atoms with Crippen LogP contribution in [0.25, 0.3) is 23.4 Å². The Labute approximate surface area is 98.9 Å². The van der Waals surface area contributed by atoms with E-state index in [1.807, 2.05) is 48.5 Å². The van der Waals surface area contributed by atoms with Gasteiger partial charge >= 0.3 is 0 Å². The van der Waals surface area contributed by atoms with Gasteiger partial charge in [-0.2, -0.15) is 0 Å². The number of fused-ring (bicyclic) bond motifs is 1. The number of rotatable bonds is 1. The predicted octanol–water partition coefficient (Wildman–Crippen LogP) is 1.28. The summed E-state index contributed by atoms with van der Waals surface area (Å²) in [5.41, 5.74) is 1.98. The molecule has 1 heterocycles. The molecular formula is C15H11NO. The van der Waals surface area contributed by atoms with E-state index in [0.717, 1.165) is 21.8 Å². The van der Waals surface area contributed by atoms with Crippen LogP contribution in [0.2, 0.25) is 0 Å². The van der Waals surface area contributed by atoms with Gasteiger partial charge in [0.15, 0.2) is 5.78 Å². The molecule has 1 aliphatic rings. The quantitative estimate of drug-likeness (QED) is 0.726. The number of pyridine rings is 1. The first-order chi connectivity index (χ1) is 8.33. The van der Waals surface area contributed by atoms with Gasteiger partial charge in [0.2, 0.25) is 0 Å². The summed E-state index contributed by atoms with van der Waals surface area (Å²) >= 11 is 0. The van der Waals surface area contributed by atoms with Gasteiger partial charge in [0.05, 0.1) is 11.0 Å². The van der Waals surface area contributed by atoms with Crippen molar-refractivity contribution in [3.63, 3.8) is 0 Å². The number of aromatic nitrogens is 1. The highest BCUT2D eigenvalue weighted by Crippen LogP contribution is 2.13. The second-order valence-electron chi connectivity index (χ2n) is 4.06. The molecule has 0 aliphatic heterocycles. The molecule has 0 spiro atoms. The molecule has 0 bridgehead atoms. The molecule has 1 aromatic heterocycles. The van der Waals surface area contributed by atoms with Crippen LogP contribution in [0, 0.1) is 0 Å². The molecule has 1 aliphatic carbocycles. The third-order valence-electron chi connectivity index (χ3n) is 2.85. The molecule has 82 valence electrons. The van der Waals surface area contributed by atoms with Crippen LogP contribution >= 0.6 is 0 Å². The summed E-state index contributed by atoms with van der Waals surface area (Å²) in [7, 11) is 0. The Hall–Kier alpha value is -2.22. The number of nitrogens with zero attached hydrogens (tertiary/aromatic N) is 1. The molecule has 0 saturated heterocycles. The molecule has 0 unspecified atom stereocenters. The fourth-order valence-electron chi connectivity index (χ4n) is 1.97. The Balaban J connectivity index is 2.20. The maximum absolute atomic E-state index is 11.3. The predicted molar refractivity (Wildman–Crippen MR) is 67.5 cm³/mol. The van der Waals surface area contributed by atoms with E-state index < -0.39 is 0 Å². The lowest BCUT2D eigenvalue weighted by atomic mass is 10.1. The molecule has 17 heavy (non-hydrogen) atoms. The van der Waals surface area contributed by atoms with Crippen molar-refractivity contribution in [2.45, 2.75) is 6.42 Å². The minimum atomic E-state index is 0.121. The Bertz CT molecular complexity index is 687. The summed E-state index contributed by atoms with van der Waals surface area (Å²) in [6.45, 7) is 0. The molecule has 0 atom stereocenters. The zero-order chi connectivity index (χ0) is 11.7. The first-order valence-corrected chi connectivity index (χ1v) is 5.60. The lowest BCUT2D eigenvalue weighted by Crippen LogP contribution is -2.32. The smallest absolute Gasteiger partial charge is 0.161 e. The molecule has 2 aromatic rings. The second kappa shape index (κ2) is 3.98. The van der Waals surface area contributed by atoms with E-state index in [1.165, 1.54) is 0 Å². The molecule has 0 N–H and O–H groups in total. The van der Waals surface area contributed by atoms with Crippen LogP contribution in [0.4, 0.5) is 0 Å². The zero-order valence-corrected chi connectivity index (χ0v) is 9.26. The molecule has 0 radical (unpaired) electrons. The van der Waals surface area contributed by atoms with Crippen LogP contribution in [-0.4, -0.2) is 10.8 Å². The topological polar surface area (TPSA) is 30.0 Å². The van der Waals surface area contributed by atoms with Crippen molar-refractivity contribution in [2.75, 3.05) is 0 Å². The van der Waals surface area contributed by atoms with Crippen molar-refractivity contribution in [2.24, 2.45) is 0 Å². The molecule has 0 fully saturated rings. The number of ketones is 1. The lowest BCUT2D eigenvalue weighted by Gasteiger charge is -2.03. The summed E-state index contributed by atoms with van der Waals surface area (Å²) in [6.07, 6.45) is 4.04. The minimum absolute atomic E-state index is 0.121. The summed E-state index contributed by atoms with van der Waals surface area (Å²) in [6, 6.07) is 14.0. The van der Waals surface area contributed by atoms with Crippen molar-refractivity contribution in [1.29, 1.82) is 0 Å². The maximum atomic E-state index is 11.3. The van der Waals surface area contributed by atoms with Crippen LogP contribution in [0.5, 0.6) is 0 Å². The number of hydrogen-bond donors (Lipinski definition) is 0. The fraction of sp³-hybridized carbons (Fsp3) is 0.0667. The zero-order valence-electron chi connectivity index (χ0n) is 9.26. The van der Waals surface area contributed by atoms with Crippen molar-refractivity contribution in [3.8, 4) is 11.3 Å². The van der Waals surface area contributed by atoms with E-state index in [1.54, 1.807) is 6.08 Å². The highest BCUT2D eigenvalue weighted by atomic mass is 16.1. The van der Waals surface area contributed by atoms with Crippen molar-refractivity contribution < 1.29 is 4.79 Å². The fourth-order valence-corrected chi connectivity index (χ4v) is 1.97. The van der Waals surface area contributed by atoms with Crippen LogP contribution in [0.15, 0.2) is 42.5 Å². The lowest BCUT2D eigenvalue weighted by molar-refractivity contribution is -0.112. The summed E-state index contributed by atoms with van der Waals surface area (Å²) in [5, 5.41) is 1.83. The molecule has 0 saturated carbocycles. The number of hydrogen-bond acceptors (Lipinski definition) is 2.